The van der Waals surface area contributed by atoms with Crippen molar-refractivity contribution in [2.45, 2.75) is 24.3 Å². The zero-order valence-corrected chi connectivity index (χ0v) is 19.4. The number of fused-ring (bicyclic) bond motifs is 1. The second kappa shape index (κ2) is 10.1. The standard InChI is InChI=1S/C25H25FN2O5S/c1-2-22(18-6-4-3-5-7-18)27-25(29)17-28(20-10-8-19(26)9-11-20)34(30,31)21-12-13-23-24(16-21)33-15-14-32-23/h3-13,16,22H,2,14-15,17H2,1H3,(H,27,29)/t22-/m1/s1. The molecule has 0 unspecified atom stereocenters. The van der Waals surface area contributed by atoms with Crippen molar-refractivity contribution in [3.8, 4) is 11.5 Å². The van der Waals surface area contributed by atoms with Gasteiger partial charge in [0.05, 0.1) is 16.6 Å². The maximum atomic E-state index is 13.6. The fourth-order valence-electron chi connectivity index (χ4n) is 3.71. The lowest BCUT2D eigenvalue weighted by atomic mass is 10.0. The molecule has 4 rings (SSSR count). The number of anilines is 1. The van der Waals surface area contributed by atoms with E-state index >= 15 is 0 Å². The van der Waals surface area contributed by atoms with E-state index in [0.717, 1.165) is 22.0 Å². The number of carbonyl (C=O) groups is 1. The lowest BCUT2D eigenvalue weighted by molar-refractivity contribution is -0.120. The molecule has 1 aliphatic heterocycles. The van der Waals surface area contributed by atoms with E-state index in [4.69, 9.17) is 9.47 Å². The Hall–Kier alpha value is -3.59. The second-order valence-electron chi connectivity index (χ2n) is 7.73. The van der Waals surface area contributed by atoms with Crippen LogP contribution in [0.1, 0.15) is 24.9 Å². The number of amides is 1. The molecule has 0 fully saturated rings. The Morgan fingerprint density at radius 3 is 2.35 bits per heavy atom. The Morgan fingerprint density at radius 2 is 1.68 bits per heavy atom. The van der Waals surface area contributed by atoms with Crippen LogP contribution in [-0.4, -0.2) is 34.1 Å². The summed E-state index contributed by atoms with van der Waals surface area (Å²) in [6, 6.07) is 18.4. The summed E-state index contributed by atoms with van der Waals surface area (Å²) in [5.74, 6) is -0.239. The van der Waals surface area contributed by atoms with E-state index < -0.39 is 28.3 Å². The molecule has 7 nitrogen and oxygen atoms in total. The first-order valence-electron chi connectivity index (χ1n) is 10.9. The summed E-state index contributed by atoms with van der Waals surface area (Å²) in [5.41, 5.74) is 1.08. The van der Waals surface area contributed by atoms with Gasteiger partial charge in [0.25, 0.3) is 10.0 Å². The molecule has 1 N–H and O–H groups in total. The Kier molecular flexibility index (Phi) is 7.02. The van der Waals surface area contributed by atoms with E-state index in [-0.39, 0.29) is 16.6 Å². The van der Waals surface area contributed by atoms with E-state index in [0.29, 0.717) is 31.1 Å². The molecular formula is C25H25FN2O5S. The molecule has 0 aliphatic carbocycles. The van der Waals surface area contributed by atoms with E-state index in [1.165, 1.54) is 30.3 Å². The Bertz CT molecular complexity index is 1250. The Morgan fingerprint density at radius 1 is 1.00 bits per heavy atom. The number of sulfonamides is 1. The number of hydrogen-bond donors (Lipinski definition) is 1. The van der Waals surface area contributed by atoms with Crippen molar-refractivity contribution >= 4 is 21.6 Å². The molecule has 0 radical (unpaired) electrons. The van der Waals surface area contributed by atoms with E-state index in [2.05, 4.69) is 5.32 Å². The lowest BCUT2D eigenvalue weighted by Crippen LogP contribution is -2.42. The second-order valence-corrected chi connectivity index (χ2v) is 9.59. The number of nitrogens with one attached hydrogen (secondary N) is 1. The molecule has 1 atom stereocenters. The number of benzene rings is 3. The molecule has 1 heterocycles. The number of rotatable bonds is 8. The van der Waals surface area contributed by atoms with Gasteiger partial charge in [0, 0.05) is 6.07 Å². The Balaban J connectivity index is 1.64. The minimum Gasteiger partial charge on any atom is -0.486 e. The number of halogens is 1. The molecule has 0 spiro atoms. The summed E-state index contributed by atoms with van der Waals surface area (Å²) in [7, 11) is -4.19. The average molecular weight is 485 g/mol. The SMILES string of the molecule is CC[C@@H](NC(=O)CN(c1ccc(F)cc1)S(=O)(=O)c1ccc2c(c1)OCCO2)c1ccccc1. The van der Waals surface area contributed by atoms with Gasteiger partial charge in [-0.1, -0.05) is 37.3 Å². The highest BCUT2D eigenvalue weighted by atomic mass is 32.2. The van der Waals surface area contributed by atoms with Crippen LogP contribution in [-0.2, 0) is 14.8 Å². The lowest BCUT2D eigenvalue weighted by Gasteiger charge is -2.26. The first-order valence-corrected chi connectivity index (χ1v) is 12.3. The van der Waals surface area contributed by atoms with Gasteiger partial charge < -0.3 is 14.8 Å². The molecule has 178 valence electrons. The summed E-state index contributed by atoms with van der Waals surface area (Å²) < 4.78 is 52.7. The van der Waals surface area contributed by atoms with Gasteiger partial charge in [0.15, 0.2) is 11.5 Å². The van der Waals surface area contributed by atoms with Crippen LogP contribution >= 0.6 is 0 Å². The highest BCUT2D eigenvalue weighted by Gasteiger charge is 2.29. The third-order valence-corrected chi connectivity index (χ3v) is 7.22. The normalized spacial score (nSPS) is 13.7. The van der Waals surface area contributed by atoms with Crippen molar-refractivity contribution in [1.82, 2.24) is 5.32 Å². The van der Waals surface area contributed by atoms with Gasteiger partial charge in [0.1, 0.15) is 25.6 Å². The van der Waals surface area contributed by atoms with E-state index in [1.54, 1.807) is 0 Å². The summed E-state index contributed by atoms with van der Waals surface area (Å²) in [6.07, 6.45) is 0.626. The molecule has 0 bridgehead atoms. The van der Waals surface area contributed by atoms with Gasteiger partial charge in [0.2, 0.25) is 5.91 Å². The summed E-state index contributed by atoms with van der Waals surface area (Å²) in [4.78, 5) is 12.9. The monoisotopic (exact) mass is 484 g/mol. The highest BCUT2D eigenvalue weighted by Crippen LogP contribution is 2.34. The van der Waals surface area contributed by atoms with Crippen LogP contribution in [0.2, 0.25) is 0 Å². The van der Waals surface area contributed by atoms with Gasteiger partial charge in [-0.05, 0) is 48.4 Å². The molecule has 9 heteroatoms. The molecular weight excluding hydrogens is 459 g/mol. The fourth-order valence-corrected chi connectivity index (χ4v) is 5.15. The topological polar surface area (TPSA) is 84.9 Å². The van der Waals surface area contributed by atoms with Gasteiger partial charge in [-0.3, -0.25) is 9.10 Å². The number of carbonyl (C=O) groups excluding carboxylic acids is 1. The van der Waals surface area contributed by atoms with Crippen molar-refractivity contribution in [2.75, 3.05) is 24.1 Å². The number of ether oxygens (including phenoxy) is 2. The zero-order chi connectivity index (χ0) is 24.1. The molecule has 0 aromatic heterocycles. The first kappa shape index (κ1) is 23.6. The van der Waals surface area contributed by atoms with Gasteiger partial charge in [-0.15, -0.1) is 0 Å². The Labute approximate surface area is 198 Å². The molecule has 3 aromatic carbocycles. The van der Waals surface area contributed by atoms with Crippen molar-refractivity contribution in [2.24, 2.45) is 0 Å². The predicted octanol–water partition coefficient (Wildman–Crippen LogP) is 4.06. The predicted molar refractivity (Wildman–Crippen MR) is 126 cm³/mol. The quantitative estimate of drug-likeness (QED) is 0.521. The molecule has 0 saturated heterocycles. The summed E-state index contributed by atoms with van der Waals surface area (Å²) in [6.45, 7) is 2.13. The minimum atomic E-state index is -4.19. The molecule has 34 heavy (non-hydrogen) atoms. The molecule has 1 aliphatic rings. The zero-order valence-electron chi connectivity index (χ0n) is 18.6. The largest absolute Gasteiger partial charge is 0.486 e. The fraction of sp³-hybridized carbons (Fsp3) is 0.240. The molecule has 1 amide bonds. The van der Waals surface area contributed by atoms with E-state index in [9.17, 15) is 17.6 Å². The average Bonchev–Trinajstić information content (AvgIpc) is 2.86. The van der Waals surface area contributed by atoms with Crippen molar-refractivity contribution < 1.29 is 27.1 Å². The van der Waals surface area contributed by atoms with E-state index in [1.807, 2.05) is 37.3 Å². The molecule has 3 aromatic rings. The third-order valence-electron chi connectivity index (χ3n) is 5.45. The highest BCUT2D eigenvalue weighted by molar-refractivity contribution is 7.92. The van der Waals surface area contributed by atoms with Crippen molar-refractivity contribution in [3.05, 3.63) is 84.2 Å². The number of hydrogen-bond acceptors (Lipinski definition) is 5. The van der Waals surface area contributed by atoms with Gasteiger partial charge in [-0.25, -0.2) is 12.8 Å². The summed E-state index contributed by atoms with van der Waals surface area (Å²) in [5, 5.41) is 2.90. The first-order chi connectivity index (χ1) is 16.4. The maximum Gasteiger partial charge on any atom is 0.264 e. The van der Waals surface area contributed by atoms with Crippen LogP contribution in [0.25, 0.3) is 0 Å². The van der Waals surface area contributed by atoms with Crippen LogP contribution in [0.15, 0.2) is 77.7 Å². The van der Waals surface area contributed by atoms with Crippen molar-refractivity contribution in [1.29, 1.82) is 0 Å². The third kappa shape index (κ3) is 5.14. The maximum absolute atomic E-state index is 13.6. The van der Waals surface area contributed by atoms with Crippen LogP contribution in [0.3, 0.4) is 0 Å². The van der Waals surface area contributed by atoms with Gasteiger partial charge in [-0.2, -0.15) is 0 Å². The van der Waals surface area contributed by atoms with Crippen LogP contribution in [0.5, 0.6) is 11.5 Å². The van der Waals surface area contributed by atoms with Gasteiger partial charge >= 0.3 is 0 Å². The van der Waals surface area contributed by atoms with Crippen LogP contribution in [0, 0.1) is 5.82 Å². The van der Waals surface area contributed by atoms with Crippen LogP contribution < -0.4 is 19.1 Å². The smallest absolute Gasteiger partial charge is 0.264 e. The summed E-state index contributed by atoms with van der Waals surface area (Å²) >= 11 is 0. The minimum absolute atomic E-state index is 0.0658. The number of nitrogens with zero attached hydrogens (tertiary/aromatic N) is 1. The van der Waals surface area contributed by atoms with Crippen molar-refractivity contribution in [3.63, 3.8) is 0 Å². The van der Waals surface area contributed by atoms with Crippen LogP contribution in [0.4, 0.5) is 10.1 Å². The molecule has 0 saturated carbocycles.